The highest BCUT2D eigenvalue weighted by Gasteiger charge is 2.27. The summed E-state index contributed by atoms with van der Waals surface area (Å²) in [5, 5.41) is 3.42. The Morgan fingerprint density at radius 3 is 2.45 bits per heavy atom. The quantitative estimate of drug-likeness (QED) is 0.915. The molecule has 1 amide bonds. The molecule has 0 aromatic heterocycles. The lowest BCUT2D eigenvalue weighted by Gasteiger charge is -2.37. The van der Waals surface area contributed by atoms with Gasteiger partial charge in [0.1, 0.15) is 0 Å². The molecule has 4 nitrogen and oxygen atoms in total. The van der Waals surface area contributed by atoms with Crippen LogP contribution in [0.4, 0.5) is 0 Å². The van der Waals surface area contributed by atoms with Crippen molar-refractivity contribution in [2.75, 3.05) is 39.3 Å². The Hall–Kier alpha value is -1.10. The summed E-state index contributed by atoms with van der Waals surface area (Å²) in [6.45, 7) is 8.11. The summed E-state index contributed by atoms with van der Waals surface area (Å²) in [6, 6.07) is 8.96. The van der Waals surface area contributed by atoms with Gasteiger partial charge in [0.2, 0.25) is 5.91 Å². The fourth-order valence-electron chi connectivity index (χ4n) is 3.28. The molecule has 3 rings (SSSR count). The van der Waals surface area contributed by atoms with Crippen LogP contribution in [0.15, 0.2) is 24.3 Å². The van der Waals surface area contributed by atoms with Crippen LogP contribution in [0.25, 0.3) is 0 Å². The van der Waals surface area contributed by atoms with Gasteiger partial charge in [-0.15, -0.1) is 12.4 Å². The Balaban J connectivity index is 0.00000176. The van der Waals surface area contributed by atoms with Crippen molar-refractivity contribution in [3.05, 3.63) is 35.4 Å². The van der Waals surface area contributed by atoms with Crippen molar-refractivity contribution < 1.29 is 4.79 Å². The van der Waals surface area contributed by atoms with E-state index < -0.39 is 0 Å². The highest BCUT2D eigenvalue weighted by Crippen LogP contribution is 2.13. The van der Waals surface area contributed by atoms with Gasteiger partial charge in [-0.3, -0.25) is 9.69 Å². The van der Waals surface area contributed by atoms with Gasteiger partial charge >= 0.3 is 0 Å². The molecule has 2 heterocycles. The number of piperazine rings is 1. The zero-order chi connectivity index (χ0) is 14.7. The predicted octanol–water partition coefficient (Wildman–Crippen LogP) is 1.47. The SMILES string of the molecule is Cc1ccc(CC(=O)N2CCN(C3CCNC3)CC2)cc1.Cl. The van der Waals surface area contributed by atoms with Gasteiger partial charge in [-0.25, -0.2) is 0 Å². The van der Waals surface area contributed by atoms with Crippen molar-refractivity contribution in [2.45, 2.75) is 25.8 Å². The third-order valence-corrected chi connectivity index (χ3v) is 4.69. The molecule has 22 heavy (non-hydrogen) atoms. The molecule has 0 radical (unpaired) electrons. The molecule has 0 saturated carbocycles. The summed E-state index contributed by atoms with van der Waals surface area (Å²) in [4.78, 5) is 16.9. The van der Waals surface area contributed by atoms with E-state index >= 15 is 0 Å². The largest absolute Gasteiger partial charge is 0.340 e. The summed E-state index contributed by atoms with van der Waals surface area (Å²) in [6.07, 6.45) is 1.78. The lowest BCUT2D eigenvalue weighted by Crippen LogP contribution is -2.52. The molecular weight excluding hydrogens is 298 g/mol. The number of rotatable bonds is 3. The number of halogens is 1. The van der Waals surface area contributed by atoms with Crippen LogP contribution in [0.2, 0.25) is 0 Å². The Labute approximate surface area is 139 Å². The average molecular weight is 324 g/mol. The Morgan fingerprint density at radius 1 is 1.18 bits per heavy atom. The number of amides is 1. The molecule has 5 heteroatoms. The first kappa shape index (κ1) is 17.3. The molecule has 1 aromatic rings. The van der Waals surface area contributed by atoms with Gasteiger partial charge in [-0.2, -0.15) is 0 Å². The van der Waals surface area contributed by atoms with Gasteiger partial charge < -0.3 is 10.2 Å². The maximum atomic E-state index is 12.4. The minimum Gasteiger partial charge on any atom is -0.340 e. The Kier molecular flexibility index (Phi) is 6.24. The highest BCUT2D eigenvalue weighted by atomic mass is 35.5. The first-order valence-electron chi connectivity index (χ1n) is 8.00. The Bertz CT molecular complexity index is 477. The number of aryl methyl sites for hydroxylation is 1. The average Bonchev–Trinajstić information content (AvgIpc) is 3.04. The number of nitrogens with one attached hydrogen (secondary N) is 1. The highest BCUT2D eigenvalue weighted by molar-refractivity contribution is 5.85. The van der Waals surface area contributed by atoms with E-state index in [1.165, 1.54) is 12.0 Å². The van der Waals surface area contributed by atoms with Gasteiger partial charge in [-0.1, -0.05) is 29.8 Å². The first-order valence-corrected chi connectivity index (χ1v) is 8.00. The second kappa shape index (κ2) is 7.95. The van der Waals surface area contributed by atoms with Crippen LogP contribution in [0.1, 0.15) is 17.5 Å². The van der Waals surface area contributed by atoms with Crippen LogP contribution in [0.3, 0.4) is 0 Å². The number of carbonyl (C=O) groups excluding carboxylic acids is 1. The summed E-state index contributed by atoms with van der Waals surface area (Å²) >= 11 is 0. The second-order valence-corrected chi connectivity index (χ2v) is 6.23. The lowest BCUT2D eigenvalue weighted by atomic mass is 10.1. The van der Waals surface area contributed by atoms with Crippen molar-refractivity contribution in [1.82, 2.24) is 15.1 Å². The minimum atomic E-state index is 0. The van der Waals surface area contributed by atoms with Crippen molar-refractivity contribution in [3.8, 4) is 0 Å². The lowest BCUT2D eigenvalue weighted by molar-refractivity contribution is -0.132. The molecule has 2 fully saturated rings. The number of nitrogens with zero attached hydrogens (tertiary/aromatic N) is 2. The third kappa shape index (κ3) is 4.22. The molecule has 1 unspecified atom stereocenters. The van der Waals surface area contributed by atoms with E-state index in [0.717, 1.165) is 44.8 Å². The fraction of sp³-hybridized carbons (Fsp3) is 0.588. The summed E-state index contributed by atoms with van der Waals surface area (Å²) in [7, 11) is 0. The second-order valence-electron chi connectivity index (χ2n) is 6.23. The maximum absolute atomic E-state index is 12.4. The van der Waals surface area contributed by atoms with Crippen LogP contribution in [0.5, 0.6) is 0 Å². The normalized spacial score (nSPS) is 22.4. The van der Waals surface area contributed by atoms with Gasteiger partial charge in [0.15, 0.2) is 0 Å². The molecule has 0 bridgehead atoms. The zero-order valence-electron chi connectivity index (χ0n) is 13.3. The van der Waals surface area contributed by atoms with Gasteiger partial charge in [0, 0.05) is 38.8 Å². The molecule has 0 spiro atoms. The molecule has 122 valence electrons. The summed E-state index contributed by atoms with van der Waals surface area (Å²) in [5.41, 5.74) is 2.36. The van der Waals surface area contributed by atoms with E-state index in [1.54, 1.807) is 0 Å². The van der Waals surface area contributed by atoms with Gasteiger partial charge in [0.25, 0.3) is 0 Å². The van der Waals surface area contributed by atoms with Crippen molar-refractivity contribution in [3.63, 3.8) is 0 Å². The van der Waals surface area contributed by atoms with E-state index in [9.17, 15) is 4.79 Å². The van der Waals surface area contributed by atoms with Crippen LogP contribution in [0, 0.1) is 6.92 Å². The van der Waals surface area contributed by atoms with Crippen molar-refractivity contribution in [2.24, 2.45) is 0 Å². The predicted molar refractivity (Wildman–Crippen MR) is 91.6 cm³/mol. The van der Waals surface area contributed by atoms with Gasteiger partial charge in [-0.05, 0) is 25.5 Å². The molecule has 1 aromatic carbocycles. The smallest absolute Gasteiger partial charge is 0.227 e. The van der Waals surface area contributed by atoms with Crippen LogP contribution >= 0.6 is 12.4 Å². The number of benzene rings is 1. The van der Waals surface area contributed by atoms with E-state index in [2.05, 4.69) is 41.4 Å². The standard InChI is InChI=1S/C17H25N3O.ClH/c1-14-2-4-15(5-3-14)12-17(21)20-10-8-19(9-11-20)16-6-7-18-13-16;/h2-5,16,18H,6-13H2,1H3;1H. The Morgan fingerprint density at radius 2 is 1.86 bits per heavy atom. The number of carbonyl (C=O) groups is 1. The third-order valence-electron chi connectivity index (χ3n) is 4.69. The molecule has 0 aliphatic carbocycles. The van der Waals surface area contributed by atoms with Crippen LogP contribution in [-0.4, -0.2) is 61.0 Å². The molecule has 2 aliphatic heterocycles. The van der Waals surface area contributed by atoms with Crippen molar-refractivity contribution in [1.29, 1.82) is 0 Å². The molecule has 2 aliphatic rings. The number of hydrogen-bond donors (Lipinski definition) is 1. The fourth-order valence-corrected chi connectivity index (χ4v) is 3.28. The summed E-state index contributed by atoms with van der Waals surface area (Å²) < 4.78 is 0. The van der Waals surface area contributed by atoms with E-state index in [4.69, 9.17) is 0 Å². The topological polar surface area (TPSA) is 35.6 Å². The molecule has 1 N–H and O–H groups in total. The monoisotopic (exact) mass is 323 g/mol. The minimum absolute atomic E-state index is 0. The van der Waals surface area contributed by atoms with Crippen LogP contribution < -0.4 is 5.32 Å². The molecule has 2 saturated heterocycles. The summed E-state index contributed by atoms with van der Waals surface area (Å²) in [5.74, 6) is 0.267. The number of hydrogen-bond acceptors (Lipinski definition) is 3. The van der Waals surface area contributed by atoms with Gasteiger partial charge in [0.05, 0.1) is 6.42 Å². The first-order chi connectivity index (χ1) is 10.2. The maximum Gasteiger partial charge on any atom is 0.227 e. The van der Waals surface area contributed by atoms with E-state index in [-0.39, 0.29) is 18.3 Å². The van der Waals surface area contributed by atoms with E-state index in [1.807, 2.05) is 4.90 Å². The molecular formula is C17H26ClN3O. The molecule has 1 atom stereocenters. The van der Waals surface area contributed by atoms with E-state index in [0.29, 0.717) is 12.5 Å². The zero-order valence-corrected chi connectivity index (χ0v) is 14.1. The van der Waals surface area contributed by atoms with Crippen molar-refractivity contribution >= 4 is 18.3 Å². The van der Waals surface area contributed by atoms with Crippen LogP contribution in [-0.2, 0) is 11.2 Å².